The maximum atomic E-state index is 4.81. The number of hydrogen-bond donors (Lipinski definition) is 0. The summed E-state index contributed by atoms with van der Waals surface area (Å²) in [6, 6.07) is 2.15. The van der Waals surface area contributed by atoms with Crippen molar-refractivity contribution in [1.82, 2.24) is 29.4 Å². The van der Waals surface area contributed by atoms with Crippen LogP contribution in [0.5, 0.6) is 0 Å². The Morgan fingerprint density at radius 3 is 2.46 bits per heavy atom. The third kappa shape index (κ3) is 2.82. The van der Waals surface area contributed by atoms with Crippen LogP contribution in [-0.2, 0) is 13.6 Å². The molecule has 0 fully saturated rings. The highest BCUT2D eigenvalue weighted by Gasteiger charge is 2.19. The van der Waals surface area contributed by atoms with Crippen LogP contribution >= 0.6 is 0 Å². The van der Waals surface area contributed by atoms with Gasteiger partial charge in [-0.25, -0.2) is 9.67 Å². The van der Waals surface area contributed by atoms with Crippen LogP contribution in [0, 0.1) is 13.8 Å². The summed E-state index contributed by atoms with van der Waals surface area (Å²) in [7, 11) is 6.02. The zero-order valence-electron chi connectivity index (χ0n) is 15.6. The van der Waals surface area contributed by atoms with Gasteiger partial charge in [-0.3, -0.25) is 4.68 Å². The molecule has 0 radical (unpaired) electrons. The van der Waals surface area contributed by atoms with Crippen LogP contribution in [0.1, 0.15) is 42.4 Å². The van der Waals surface area contributed by atoms with Crippen LogP contribution in [0.3, 0.4) is 0 Å². The van der Waals surface area contributed by atoms with Crippen LogP contribution in [-0.4, -0.2) is 43.5 Å². The average molecular weight is 326 g/mol. The molecule has 0 aromatic carbocycles. The molecular weight excluding hydrogens is 300 g/mol. The van der Waals surface area contributed by atoms with E-state index in [-0.39, 0.29) is 0 Å². The Kier molecular flexibility index (Phi) is 4.17. The van der Waals surface area contributed by atoms with Crippen LogP contribution < -0.4 is 0 Å². The van der Waals surface area contributed by atoms with Gasteiger partial charge >= 0.3 is 0 Å². The number of pyridine rings is 1. The van der Waals surface area contributed by atoms with E-state index in [1.807, 2.05) is 22.6 Å². The minimum absolute atomic E-state index is 0.450. The average Bonchev–Trinajstić information content (AvgIpc) is 2.95. The van der Waals surface area contributed by atoms with Crippen LogP contribution in [0.2, 0.25) is 0 Å². The molecule has 0 bridgehead atoms. The second-order valence-corrected chi connectivity index (χ2v) is 7.06. The number of rotatable bonds is 4. The largest absolute Gasteiger partial charge is 0.303 e. The molecule has 3 rings (SSSR count). The molecule has 0 aliphatic rings. The first-order chi connectivity index (χ1) is 11.3. The SMILES string of the molecule is Cc1nn(-c2cc3cn(C)nc3nc2CN(C)C)c(C)c1C(C)C. The Morgan fingerprint density at radius 1 is 1.17 bits per heavy atom. The van der Waals surface area contributed by atoms with Gasteiger partial charge in [0.2, 0.25) is 0 Å². The highest BCUT2D eigenvalue weighted by molar-refractivity contribution is 5.77. The summed E-state index contributed by atoms with van der Waals surface area (Å²) in [5.41, 5.74) is 6.40. The van der Waals surface area contributed by atoms with Gasteiger partial charge in [0.1, 0.15) is 0 Å². The molecule has 3 aromatic heterocycles. The molecule has 0 spiro atoms. The standard InChI is InChI=1S/C18H26N6/c1-11(2)17-12(3)20-24(13(17)4)16-8-14-9-23(7)21-18(14)19-15(16)10-22(5)6/h8-9,11H,10H2,1-7H3. The van der Waals surface area contributed by atoms with Crippen molar-refractivity contribution in [3.05, 3.63) is 34.9 Å². The van der Waals surface area contributed by atoms with Crippen molar-refractivity contribution in [1.29, 1.82) is 0 Å². The molecule has 3 heterocycles. The van der Waals surface area contributed by atoms with Crippen LogP contribution in [0.4, 0.5) is 0 Å². The van der Waals surface area contributed by atoms with Gasteiger partial charge in [0.25, 0.3) is 0 Å². The quantitative estimate of drug-likeness (QED) is 0.740. The van der Waals surface area contributed by atoms with E-state index < -0.39 is 0 Å². The lowest BCUT2D eigenvalue weighted by Gasteiger charge is -2.15. The summed E-state index contributed by atoms with van der Waals surface area (Å²) < 4.78 is 3.85. The Hall–Kier alpha value is -2.21. The number of nitrogens with zero attached hydrogens (tertiary/aromatic N) is 6. The lowest BCUT2D eigenvalue weighted by atomic mass is 10.0. The van der Waals surface area contributed by atoms with E-state index in [1.165, 1.54) is 11.3 Å². The van der Waals surface area contributed by atoms with Crippen molar-refractivity contribution < 1.29 is 0 Å². The molecule has 128 valence electrons. The highest BCUT2D eigenvalue weighted by atomic mass is 15.3. The monoisotopic (exact) mass is 326 g/mol. The number of aromatic nitrogens is 5. The van der Waals surface area contributed by atoms with E-state index in [0.29, 0.717) is 5.92 Å². The first kappa shape index (κ1) is 16.6. The van der Waals surface area contributed by atoms with Crippen molar-refractivity contribution in [3.63, 3.8) is 0 Å². The minimum atomic E-state index is 0.450. The molecule has 0 N–H and O–H groups in total. The summed E-state index contributed by atoms with van der Waals surface area (Å²) >= 11 is 0. The number of aryl methyl sites for hydroxylation is 2. The molecule has 0 amide bonds. The van der Waals surface area contributed by atoms with E-state index in [1.54, 1.807) is 0 Å². The van der Waals surface area contributed by atoms with Gasteiger partial charge < -0.3 is 4.90 Å². The van der Waals surface area contributed by atoms with Gasteiger partial charge in [-0.05, 0) is 45.5 Å². The minimum Gasteiger partial charge on any atom is -0.303 e. The van der Waals surface area contributed by atoms with E-state index in [9.17, 15) is 0 Å². The lowest BCUT2D eigenvalue weighted by molar-refractivity contribution is 0.396. The third-order valence-electron chi connectivity index (χ3n) is 4.28. The summed E-state index contributed by atoms with van der Waals surface area (Å²) in [6.07, 6.45) is 2.00. The van der Waals surface area contributed by atoms with E-state index in [2.05, 4.69) is 57.9 Å². The van der Waals surface area contributed by atoms with Gasteiger partial charge in [0, 0.05) is 30.9 Å². The second-order valence-electron chi connectivity index (χ2n) is 7.06. The van der Waals surface area contributed by atoms with Gasteiger partial charge in [-0.15, -0.1) is 0 Å². The van der Waals surface area contributed by atoms with E-state index in [0.717, 1.165) is 34.7 Å². The topological polar surface area (TPSA) is 51.8 Å². The van der Waals surface area contributed by atoms with Crippen molar-refractivity contribution in [2.75, 3.05) is 14.1 Å². The van der Waals surface area contributed by atoms with Crippen molar-refractivity contribution in [3.8, 4) is 5.69 Å². The van der Waals surface area contributed by atoms with Gasteiger partial charge in [-0.2, -0.15) is 10.2 Å². The smallest absolute Gasteiger partial charge is 0.181 e. The summed E-state index contributed by atoms with van der Waals surface area (Å²) in [6.45, 7) is 9.40. The maximum absolute atomic E-state index is 4.81. The zero-order valence-corrected chi connectivity index (χ0v) is 15.6. The Bertz CT molecular complexity index is 885. The summed E-state index contributed by atoms with van der Waals surface area (Å²) in [4.78, 5) is 6.92. The van der Waals surface area contributed by atoms with Crippen molar-refractivity contribution >= 4 is 11.0 Å². The molecule has 0 unspecified atom stereocenters. The molecule has 3 aromatic rings. The first-order valence-electron chi connectivity index (χ1n) is 8.32. The Labute approximate surface area is 143 Å². The predicted octanol–water partition coefficient (Wildman–Crippen LogP) is 2.96. The fourth-order valence-electron chi connectivity index (χ4n) is 3.42. The first-order valence-corrected chi connectivity index (χ1v) is 8.32. The number of fused-ring (bicyclic) bond motifs is 1. The lowest BCUT2D eigenvalue weighted by Crippen LogP contribution is -2.15. The molecule has 6 nitrogen and oxygen atoms in total. The van der Waals surface area contributed by atoms with E-state index >= 15 is 0 Å². The Balaban J connectivity index is 2.25. The van der Waals surface area contributed by atoms with Crippen LogP contribution in [0.25, 0.3) is 16.7 Å². The van der Waals surface area contributed by atoms with E-state index in [4.69, 9.17) is 10.1 Å². The molecular formula is C18H26N6. The van der Waals surface area contributed by atoms with Crippen molar-refractivity contribution in [2.45, 2.75) is 40.2 Å². The molecule has 0 saturated heterocycles. The molecule has 24 heavy (non-hydrogen) atoms. The van der Waals surface area contributed by atoms with Crippen LogP contribution in [0.15, 0.2) is 12.3 Å². The summed E-state index contributed by atoms with van der Waals surface area (Å²) in [5, 5.41) is 10.3. The van der Waals surface area contributed by atoms with Crippen molar-refractivity contribution in [2.24, 2.45) is 7.05 Å². The molecule has 0 saturated carbocycles. The zero-order chi connectivity index (χ0) is 17.6. The highest BCUT2D eigenvalue weighted by Crippen LogP contribution is 2.27. The second kappa shape index (κ2) is 6.02. The van der Waals surface area contributed by atoms with Gasteiger partial charge in [0.15, 0.2) is 5.65 Å². The van der Waals surface area contributed by atoms with Gasteiger partial charge in [-0.1, -0.05) is 13.8 Å². The molecule has 0 aliphatic carbocycles. The molecule has 0 atom stereocenters. The Morgan fingerprint density at radius 2 is 1.88 bits per heavy atom. The third-order valence-corrected chi connectivity index (χ3v) is 4.28. The molecule has 0 aliphatic heterocycles. The van der Waals surface area contributed by atoms with Gasteiger partial charge in [0.05, 0.1) is 17.1 Å². The fourth-order valence-corrected chi connectivity index (χ4v) is 3.42. The molecule has 6 heteroatoms. The predicted molar refractivity (Wildman–Crippen MR) is 96.6 cm³/mol. The fraction of sp³-hybridized carbons (Fsp3) is 0.500. The maximum Gasteiger partial charge on any atom is 0.181 e. The summed E-state index contributed by atoms with van der Waals surface area (Å²) in [5.74, 6) is 0.450. The number of hydrogen-bond acceptors (Lipinski definition) is 4. The normalized spacial score (nSPS) is 12.0.